The third-order valence-corrected chi connectivity index (χ3v) is 3.88. The molecule has 1 aromatic rings. The van der Waals surface area contributed by atoms with Crippen LogP contribution in [0.15, 0.2) is 47.6 Å². The number of hydrogen-bond donors (Lipinski definition) is 0. The molecule has 0 heteroatoms. The summed E-state index contributed by atoms with van der Waals surface area (Å²) in [6, 6.07) is 8.71. The summed E-state index contributed by atoms with van der Waals surface area (Å²) in [6.07, 6.45) is 7.08. The molecule has 1 aliphatic carbocycles. The second kappa shape index (κ2) is 8.09. The Bertz CT molecular complexity index is 455. The van der Waals surface area contributed by atoms with Crippen LogP contribution in [0.25, 0.3) is 0 Å². The molecular weight excluding hydrogens is 240 g/mol. The highest BCUT2D eigenvalue weighted by molar-refractivity contribution is 5.24. The summed E-state index contributed by atoms with van der Waals surface area (Å²) in [5.41, 5.74) is 5.88. The van der Waals surface area contributed by atoms with Gasteiger partial charge in [0.15, 0.2) is 0 Å². The highest BCUT2D eigenvalue weighted by Crippen LogP contribution is 2.23. The highest BCUT2D eigenvalue weighted by atomic mass is 14.1. The minimum Gasteiger partial charge on any atom is -0.0730 e. The second-order valence-corrected chi connectivity index (χ2v) is 6.47. The van der Waals surface area contributed by atoms with Gasteiger partial charge in [-0.15, -0.1) is 0 Å². The average Bonchev–Trinajstić information content (AvgIpc) is 2.40. The Labute approximate surface area is 125 Å². The van der Waals surface area contributed by atoms with Crippen LogP contribution in [0.5, 0.6) is 0 Å². The average molecular weight is 270 g/mol. The third-order valence-electron chi connectivity index (χ3n) is 3.88. The molecule has 2 rings (SSSR count). The summed E-state index contributed by atoms with van der Waals surface area (Å²) >= 11 is 0. The molecule has 0 fully saturated rings. The Kier molecular flexibility index (Phi) is 6.78. The van der Waals surface area contributed by atoms with E-state index >= 15 is 0 Å². The van der Waals surface area contributed by atoms with Gasteiger partial charge in [-0.2, -0.15) is 0 Å². The minimum absolute atomic E-state index is 0.653. The molecule has 0 radical (unpaired) electrons. The van der Waals surface area contributed by atoms with Crippen molar-refractivity contribution in [2.24, 2.45) is 5.92 Å². The number of rotatable bonds is 2. The summed E-state index contributed by atoms with van der Waals surface area (Å²) in [5, 5.41) is 0. The van der Waals surface area contributed by atoms with Crippen LogP contribution >= 0.6 is 0 Å². The van der Waals surface area contributed by atoms with Crippen LogP contribution in [0.2, 0.25) is 0 Å². The summed E-state index contributed by atoms with van der Waals surface area (Å²) in [6.45, 7) is 13.3. The zero-order chi connectivity index (χ0) is 15.1. The van der Waals surface area contributed by atoms with Gasteiger partial charge in [-0.25, -0.2) is 0 Å². The molecule has 1 aliphatic rings. The SMILES string of the molecule is CC1=CC=C(C(C)C)CC1.Cc1ccc(C(C)C)cc1. The van der Waals surface area contributed by atoms with Gasteiger partial charge in [0.05, 0.1) is 0 Å². The molecule has 0 atom stereocenters. The van der Waals surface area contributed by atoms with Crippen LogP contribution in [0.4, 0.5) is 0 Å². The van der Waals surface area contributed by atoms with Gasteiger partial charge in [-0.05, 0) is 44.1 Å². The monoisotopic (exact) mass is 270 g/mol. The molecule has 0 aliphatic heterocycles. The van der Waals surface area contributed by atoms with Gasteiger partial charge in [-0.3, -0.25) is 0 Å². The van der Waals surface area contributed by atoms with E-state index < -0.39 is 0 Å². The predicted molar refractivity (Wildman–Crippen MR) is 91.2 cm³/mol. The number of benzene rings is 1. The zero-order valence-electron chi connectivity index (χ0n) is 14.0. The quantitative estimate of drug-likeness (QED) is 0.581. The van der Waals surface area contributed by atoms with Gasteiger partial charge in [-0.1, -0.05) is 80.8 Å². The molecule has 0 bridgehead atoms. The van der Waals surface area contributed by atoms with Crippen LogP contribution in [0.1, 0.15) is 64.5 Å². The Morgan fingerprint density at radius 3 is 1.75 bits per heavy atom. The molecule has 0 saturated carbocycles. The first kappa shape index (κ1) is 16.8. The van der Waals surface area contributed by atoms with Crippen molar-refractivity contribution in [3.63, 3.8) is 0 Å². The van der Waals surface area contributed by atoms with Crippen LogP contribution in [0, 0.1) is 12.8 Å². The lowest BCUT2D eigenvalue weighted by Crippen LogP contribution is -1.97. The van der Waals surface area contributed by atoms with E-state index in [4.69, 9.17) is 0 Å². The largest absolute Gasteiger partial charge is 0.0730 e. The van der Waals surface area contributed by atoms with E-state index in [1.165, 1.54) is 29.5 Å². The van der Waals surface area contributed by atoms with Crippen molar-refractivity contribution in [3.8, 4) is 0 Å². The van der Waals surface area contributed by atoms with Crippen molar-refractivity contribution in [1.29, 1.82) is 0 Å². The minimum atomic E-state index is 0.653. The predicted octanol–water partition coefficient (Wildman–Crippen LogP) is 6.43. The summed E-state index contributed by atoms with van der Waals surface area (Å²) < 4.78 is 0. The van der Waals surface area contributed by atoms with Gasteiger partial charge in [0.2, 0.25) is 0 Å². The molecule has 0 unspecified atom stereocenters. The lowest BCUT2D eigenvalue weighted by atomic mass is 9.92. The maximum atomic E-state index is 2.28. The van der Waals surface area contributed by atoms with Crippen molar-refractivity contribution in [2.45, 2.75) is 60.3 Å². The van der Waals surface area contributed by atoms with Gasteiger partial charge >= 0.3 is 0 Å². The van der Waals surface area contributed by atoms with Crippen LogP contribution in [-0.2, 0) is 0 Å². The molecule has 0 spiro atoms. The summed E-state index contributed by atoms with van der Waals surface area (Å²) in [5.74, 6) is 1.39. The van der Waals surface area contributed by atoms with E-state index in [1.54, 1.807) is 5.57 Å². The summed E-state index contributed by atoms with van der Waals surface area (Å²) in [7, 11) is 0. The van der Waals surface area contributed by atoms with Crippen molar-refractivity contribution in [2.75, 3.05) is 0 Å². The van der Waals surface area contributed by atoms with Gasteiger partial charge in [0.25, 0.3) is 0 Å². The van der Waals surface area contributed by atoms with Crippen molar-refractivity contribution in [1.82, 2.24) is 0 Å². The molecule has 0 N–H and O–H groups in total. The standard InChI is InChI=1S/C10H16.C10H14/c2*1-8(2)10-6-4-9(3)5-7-10/h4,6,8H,5,7H2,1-3H3;4-8H,1-3H3. The normalized spacial score (nSPS) is 14.6. The number of allylic oxidation sites excluding steroid dienone is 4. The smallest absolute Gasteiger partial charge is 0.0219 e. The van der Waals surface area contributed by atoms with Crippen molar-refractivity contribution in [3.05, 3.63) is 58.7 Å². The first-order valence-corrected chi connectivity index (χ1v) is 7.83. The molecule has 0 saturated heterocycles. The van der Waals surface area contributed by atoms with Gasteiger partial charge < -0.3 is 0 Å². The molecule has 20 heavy (non-hydrogen) atoms. The van der Waals surface area contributed by atoms with Crippen LogP contribution in [0.3, 0.4) is 0 Å². The zero-order valence-corrected chi connectivity index (χ0v) is 14.0. The molecule has 1 aromatic carbocycles. The fourth-order valence-electron chi connectivity index (χ4n) is 2.19. The molecule has 0 aromatic heterocycles. The summed E-state index contributed by atoms with van der Waals surface area (Å²) in [4.78, 5) is 0. The Morgan fingerprint density at radius 2 is 1.35 bits per heavy atom. The first-order valence-electron chi connectivity index (χ1n) is 7.83. The molecule has 0 heterocycles. The first-order chi connectivity index (χ1) is 9.40. The van der Waals surface area contributed by atoms with E-state index in [-0.39, 0.29) is 0 Å². The molecule has 0 nitrogen and oxygen atoms in total. The van der Waals surface area contributed by atoms with E-state index in [2.05, 4.69) is 78.0 Å². The molecular formula is C20H30. The van der Waals surface area contributed by atoms with Crippen molar-refractivity contribution >= 4 is 0 Å². The van der Waals surface area contributed by atoms with Crippen molar-refractivity contribution < 1.29 is 0 Å². The lowest BCUT2D eigenvalue weighted by molar-refractivity contribution is 0.700. The second-order valence-electron chi connectivity index (χ2n) is 6.47. The Morgan fingerprint density at radius 1 is 0.750 bits per heavy atom. The number of hydrogen-bond acceptors (Lipinski definition) is 0. The Hall–Kier alpha value is -1.30. The van der Waals surface area contributed by atoms with E-state index in [9.17, 15) is 0 Å². The van der Waals surface area contributed by atoms with Gasteiger partial charge in [0.1, 0.15) is 0 Å². The molecule has 0 amide bonds. The Balaban J connectivity index is 0.000000200. The van der Waals surface area contributed by atoms with Crippen LogP contribution in [-0.4, -0.2) is 0 Å². The fraction of sp³-hybridized carbons (Fsp3) is 0.500. The van der Waals surface area contributed by atoms with Gasteiger partial charge in [0, 0.05) is 0 Å². The van der Waals surface area contributed by atoms with E-state index in [0.29, 0.717) is 5.92 Å². The maximum absolute atomic E-state index is 2.28. The lowest BCUT2D eigenvalue weighted by Gasteiger charge is -2.14. The van der Waals surface area contributed by atoms with E-state index in [0.717, 1.165) is 5.92 Å². The highest BCUT2D eigenvalue weighted by Gasteiger charge is 2.05. The molecule has 110 valence electrons. The fourth-order valence-corrected chi connectivity index (χ4v) is 2.19. The van der Waals surface area contributed by atoms with Crippen LogP contribution < -0.4 is 0 Å². The topological polar surface area (TPSA) is 0 Å². The van der Waals surface area contributed by atoms with E-state index in [1.807, 2.05) is 0 Å². The number of aryl methyl sites for hydroxylation is 1. The third kappa shape index (κ3) is 5.77. The maximum Gasteiger partial charge on any atom is -0.0219 e.